The second kappa shape index (κ2) is 3.77. The summed E-state index contributed by atoms with van der Waals surface area (Å²) in [7, 11) is 1.69. The summed E-state index contributed by atoms with van der Waals surface area (Å²) in [5.74, 6) is 0.463. The Hall–Kier alpha value is -2.03. The van der Waals surface area contributed by atoms with Crippen LogP contribution >= 0.6 is 0 Å². The van der Waals surface area contributed by atoms with Gasteiger partial charge < -0.3 is 11.1 Å². The quantitative estimate of drug-likeness (QED) is 0.578. The van der Waals surface area contributed by atoms with E-state index in [9.17, 15) is 0 Å². The molecule has 3 rings (SSSR count). The molecule has 0 fully saturated rings. The van der Waals surface area contributed by atoms with Crippen molar-refractivity contribution >= 4 is 22.4 Å². The number of hydrogen-bond acceptors (Lipinski definition) is 1. The molecule has 0 aromatic heterocycles. The van der Waals surface area contributed by atoms with Crippen molar-refractivity contribution in [3.63, 3.8) is 0 Å². The van der Waals surface area contributed by atoms with Crippen molar-refractivity contribution in [2.75, 3.05) is 12.4 Å². The third kappa shape index (κ3) is 1.55. The molecule has 2 aromatic carbocycles. The predicted molar refractivity (Wildman–Crippen MR) is 72.5 cm³/mol. The summed E-state index contributed by atoms with van der Waals surface area (Å²) in [6, 6.07) is 10.7. The van der Waals surface area contributed by atoms with E-state index in [-0.39, 0.29) is 0 Å². The average molecular weight is 225 g/mol. The lowest BCUT2D eigenvalue weighted by Gasteiger charge is -2.10. The molecular formula is C14H15N3. The Balaban J connectivity index is 2.19. The second-order valence-corrected chi connectivity index (χ2v) is 4.34. The highest BCUT2D eigenvalue weighted by Crippen LogP contribution is 2.35. The van der Waals surface area contributed by atoms with Gasteiger partial charge in [-0.25, -0.2) is 0 Å². The molecule has 0 heterocycles. The van der Waals surface area contributed by atoms with E-state index >= 15 is 0 Å². The van der Waals surface area contributed by atoms with E-state index in [0.29, 0.717) is 5.96 Å². The van der Waals surface area contributed by atoms with Gasteiger partial charge in [-0.15, -0.1) is 0 Å². The first-order valence-electron chi connectivity index (χ1n) is 5.82. The van der Waals surface area contributed by atoms with Gasteiger partial charge in [0.25, 0.3) is 0 Å². The summed E-state index contributed by atoms with van der Waals surface area (Å²) in [5.41, 5.74) is 9.62. The first-order chi connectivity index (χ1) is 8.29. The van der Waals surface area contributed by atoms with Crippen LogP contribution in [-0.4, -0.2) is 13.0 Å². The molecule has 86 valence electrons. The second-order valence-electron chi connectivity index (χ2n) is 4.34. The van der Waals surface area contributed by atoms with Gasteiger partial charge in [0.05, 0.1) is 0 Å². The summed E-state index contributed by atoms with van der Waals surface area (Å²) in [6.45, 7) is 0. The standard InChI is InChI=1S/C14H15N3/c1-16-14(15)17-12-8-6-10-4-2-3-9-5-7-11(12)13(9)10/h2-4,6,8H,5,7H2,1H3,(H3,15,16,17). The zero-order valence-corrected chi connectivity index (χ0v) is 9.83. The van der Waals surface area contributed by atoms with E-state index in [1.165, 1.54) is 21.9 Å². The Kier molecular flexibility index (Phi) is 2.25. The van der Waals surface area contributed by atoms with Gasteiger partial charge >= 0.3 is 0 Å². The van der Waals surface area contributed by atoms with E-state index in [1.807, 2.05) is 0 Å². The van der Waals surface area contributed by atoms with Crippen LogP contribution in [-0.2, 0) is 12.8 Å². The zero-order chi connectivity index (χ0) is 11.8. The maximum atomic E-state index is 5.73. The SMILES string of the molecule is CN=C(N)Nc1ccc2cccc3c2c1CC3. The summed E-state index contributed by atoms with van der Waals surface area (Å²) in [6.07, 6.45) is 2.20. The van der Waals surface area contributed by atoms with Gasteiger partial charge in [-0.05, 0) is 40.8 Å². The van der Waals surface area contributed by atoms with Crippen molar-refractivity contribution in [3.05, 3.63) is 41.5 Å². The lowest BCUT2D eigenvalue weighted by molar-refractivity contribution is 1.03. The van der Waals surface area contributed by atoms with Crippen LogP contribution in [0.4, 0.5) is 5.69 Å². The number of guanidine groups is 1. The highest BCUT2D eigenvalue weighted by Gasteiger charge is 2.17. The Labute approximate surface area is 100 Å². The first kappa shape index (κ1) is 10.1. The molecule has 3 heteroatoms. The number of nitrogens with two attached hydrogens (primary N) is 1. The van der Waals surface area contributed by atoms with Crippen LogP contribution in [0.25, 0.3) is 10.8 Å². The van der Waals surface area contributed by atoms with Crippen molar-refractivity contribution < 1.29 is 0 Å². The maximum absolute atomic E-state index is 5.73. The van der Waals surface area contributed by atoms with Crippen LogP contribution in [0.1, 0.15) is 11.1 Å². The molecule has 0 radical (unpaired) electrons. The van der Waals surface area contributed by atoms with Gasteiger partial charge in [0, 0.05) is 12.7 Å². The summed E-state index contributed by atoms with van der Waals surface area (Å²) in [4.78, 5) is 3.94. The molecule has 2 aromatic rings. The van der Waals surface area contributed by atoms with Gasteiger partial charge in [-0.1, -0.05) is 24.3 Å². The van der Waals surface area contributed by atoms with Crippen molar-refractivity contribution in [1.29, 1.82) is 0 Å². The Bertz CT molecular complexity index is 614. The van der Waals surface area contributed by atoms with E-state index in [2.05, 4.69) is 40.6 Å². The number of aryl methyl sites for hydroxylation is 2. The fourth-order valence-electron chi connectivity index (χ4n) is 2.57. The van der Waals surface area contributed by atoms with E-state index < -0.39 is 0 Å². The topological polar surface area (TPSA) is 50.4 Å². The minimum atomic E-state index is 0.463. The molecule has 3 N–H and O–H groups in total. The zero-order valence-electron chi connectivity index (χ0n) is 9.83. The number of rotatable bonds is 1. The third-order valence-corrected chi connectivity index (χ3v) is 3.39. The number of aliphatic imine (C=N–C) groups is 1. The fourth-order valence-corrected chi connectivity index (χ4v) is 2.57. The van der Waals surface area contributed by atoms with Crippen LogP contribution in [0.2, 0.25) is 0 Å². The van der Waals surface area contributed by atoms with Crippen LogP contribution in [0.5, 0.6) is 0 Å². The fraction of sp³-hybridized carbons (Fsp3) is 0.214. The molecule has 0 amide bonds. The normalized spacial score (nSPS) is 14.3. The van der Waals surface area contributed by atoms with Gasteiger partial charge in [0.2, 0.25) is 0 Å². The lowest BCUT2D eigenvalue weighted by atomic mass is 10.0. The van der Waals surface area contributed by atoms with Crippen molar-refractivity contribution in [3.8, 4) is 0 Å². The number of hydrogen-bond donors (Lipinski definition) is 2. The van der Waals surface area contributed by atoms with E-state index in [0.717, 1.165) is 18.5 Å². The molecule has 0 spiro atoms. The van der Waals surface area contributed by atoms with Crippen molar-refractivity contribution in [1.82, 2.24) is 0 Å². The molecule has 0 saturated carbocycles. The van der Waals surface area contributed by atoms with Crippen LogP contribution in [0.3, 0.4) is 0 Å². The Morgan fingerprint density at radius 3 is 2.94 bits per heavy atom. The molecule has 0 atom stereocenters. The predicted octanol–water partition coefficient (Wildman–Crippen LogP) is 2.29. The highest BCUT2D eigenvalue weighted by atomic mass is 15.1. The van der Waals surface area contributed by atoms with Gasteiger partial charge in [-0.2, -0.15) is 0 Å². The highest BCUT2D eigenvalue weighted by molar-refractivity contribution is 6.00. The summed E-state index contributed by atoms with van der Waals surface area (Å²) in [5, 5.41) is 5.87. The molecule has 0 bridgehead atoms. The molecular weight excluding hydrogens is 210 g/mol. The first-order valence-corrected chi connectivity index (χ1v) is 5.82. The summed E-state index contributed by atoms with van der Waals surface area (Å²) < 4.78 is 0. The van der Waals surface area contributed by atoms with E-state index in [1.54, 1.807) is 7.05 Å². The molecule has 0 unspecified atom stereocenters. The molecule has 1 aliphatic rings. The average Bonchev–Trinajstić information content (AvgIpc) is 2.79. The molecule has 3 nitrogen and oxygen atoms in total. The van der Waals surface area contributed by atoms with Crippen LogP contribution in [0.15, 0.2) is 35.3 Å². The molecule has 1 aliphatic carbocycles. The Morgan fingerprint density at radius 2 is 2.12 bits per heavy atom. The number of nitrogens with zero attached hydrogens (tertiary/aromatic N) is 1. The smallest absolute Gasteiger partial charge is 0.192 e. The largest absolute Gasteiger partial charge is 0.370 e. The lowest BCUT2D eigenvalue weighted by Crippen LogP contribution is -2.22. The Morgan fingerprint density at radius 1 is 1.24 bits per heavy atom. The number of nitrogens with one attached hydrogen (secondary N) is 1. The van der Waals surface area contributed by atoms with Gasteiger partial charge in [0.15, 0.2) is 5.96 Å². The van der Waals surface area contributed by atoms with Gasteiger partial charge in [0.1, 0.15) is 0 Å². The van der Waals surface area contributed by atoms with Crippen LogP contribution < -0.4 is 11.1 Å². The summed E-state index contributed by atoms with van der Waals surface area (Å²) >= 11 is 0. The number of anilines is 1. The van der Waals surface area contributed by atoms with E-state index in [4.69, 9.17) is 5.73 Å². The minimum Gasteiger partial charge on any atom is -0.370 e. The van der Waals surface area contributed by atoms with Crippen molar-refractivity contribution in [2.45, 2.75) is 12.8 Å². The maximum Gasteiger partial charge on any atom is 0.192 e. The molecule has 17 heavy (non-hydrogen) atoms. The molecule has 0 saturated heterocycles. The number of benzene rings is 2. The minimum absolute atomic E-state index is 0.463. The third-order valence-electron chi connectivity index (χ3n) is 3.39. The van der Waals surface area contributed by atoms with Crippen LogP contribution in [0, 0.1) is 0 Å². The molecule has 0 aliphatic heterocycles. The van der Waals surface area contributed by atoms with Gasteiger partial charge in [-0.3, -0.25) is 4.99 Å². The van der Waals surface area contributed by atoms with Crippen molar-refractivity contribution in [2.24, 2.45) is 10.7 Å². The monoisotopic (exact) mass is 225 g/mol.